The van der Waals surface area contributed by atoms with Gasteiger partial charge in [-0.3, -0.25) is 0 Å². The molecule has 9 heteroatoms. The molecule has 0 unspecified atom stereocenters. The molecule has 0 fully saturated rings. The highest BCUT2D eigenvalue weighted by molar-refractivity contribution is 7.15. The zero-order chi connectivity index (χ0) is 25.8. The summed E-state index contributed by atoms with van der Waals surface area (Å²) in [6.45, 7) is 12.0. The molecule has 2 rings (SSSR count). The fraction of sp³-hybridized carbons (Fsp3) is 0.480. The van der Waals surface area contributed by atoms with Crippen LogP contribution in [0.25, 0.3) is 11.1 Å². The second kappa shape index (κ2) is 10.5. The van der Waals surface area contributed by atoms with Crippen LogP contribution in [0.5, 0.6) is 0 Å². The van der Waals surface area contributed by atoms with Crippen LogP contribution < -0.4 is 9.80 Å². The summed E-state index contributed by atoms with van der Waals surface area (Å²) in [5, 5.41) is 1.79. The molecule has 8 nitrogen and oxygen atoms in total. The van der Waals surface area contributed by atoms with E-state index in [1.54, 1.807) is 53.8 Å². The van der Waals surface area contributed by atoms with E-state index in [1.807, 2.05) is 43.3 Å². The number of ether oxygens (including phenoxy) is 3. The molecule has 0 aliphatic carbocycles. The highest BCUT2D eigenvalue weighted by atomic mass is 32.1. The van der Waals surface area contributed by atoms with Gasteiger partial charge in [0.25, 0.3) is 0 Å². The zero-order valence-electron chi connectivity index (χ0n) is 21.3. The lowest BCUT2D eigenvalue weighted by molar-refractivity contribution is 0.0432. The number of amides is 2. The van der Waals surface area contributed by atoms with Gasteiger partial charge in [0.15, 0.2) is 0 Å². The van der Waals surface area contributed by atoms with Crippen molar-refractivity contribution < 1.29 is 28.6 Å². The van der Waals surface area contributed by atoms with Crippen LogP contribution >= 0.6 is 11.3 Å². The number of nitrogens with zero attached hydrogens (tertiary/aromatic N) is 2. The number of benzene rings is 1. The standard InChI is InChI=1S/C25H34N2O6S/c1-10-31-21(28)19-18(16-11-13-17(14-12-16)26(8)9)15-34-20(19)27(22(29)32-24(2,3)4)23(30)33-25(5,6)7/h11-15H,10H2,1-9H3. The van der Waals surface area contributed by atoms with Crippen LogP contribution in [0.3, 0.4) is 0 Å². The summed E-state index contributed by atoms with van der Waals surface area (Å²) >= 11 is 1.07. The van der Waals surface area contributed by atoms with Gasteiger partial charge in [0.2, 0.25) is 0 Å². The molecular formula is C25H34N2O6S. The van der Waals surface area contributed by atoms with Crippen molar-refractivity contribution in [1.82, 2.24) is 0 Å². The Bertz CT molecular complexity index is 1000. The normalized spacial score (nSPS) is 11.6. The molecule has 34 heavy (non-hydrogen) atoms. The number of esters is 1. The smallest absolute Gasteiger partial charge is 0.425 e. The van der Waals surface area contributed by atoms with Crippen LogP contribution in [0, 0.1) is 0 Å². The first-order valence-electron chi connectivity index (χ1n) is 11.0. The molecule has 0 bridgehead atoms. The third kappa shape index (κ3) is 6.96. The first kappa shape index (κ1) is 27.2. The lowest BCUT2D eigenvalue weighted by Crippen LogP contribution is -2.44. The minimum Gasteiger partial charge on any atom is -0.462 e. The van der Waals surface area contributed by atoms with Crippen molar-refractivity contribution in [3.05, 3.63) is 35.2 Å². The summed E-state index contributed by atoms with van der Waals surface area (Å²) in [5.74, 6) is -0.650. The van der Waals surface area contributed by atoms with Gasteiger partial charge in [-0.25, -0.2) is 14.4 Å². The number of anilines is 2. The first-order chi connectivity index (χ1) is 15.6. The molecule has 1 aromatic carbocycles. The predicted molar refractivity (Wildman–Crippen MR) is 135 cm³/mol. The Morgan fingerprint density at radius 1 is 0.882 bits per heavy atom. The Morgan fingerprint density at radius 3 is 1.79 bits per heavy atom. The van der Waals surface area contributed by atoms with Crippen LogP contribution in [0.2, 0.25) is 0 Å². The summed E-state index contributed by atoms with van der Waals surface area (Å²) < 4.78 is 16.2. The Labute approximate surface area is 205 Å². The molecular weight excluding hydrogens is 456 g/mol. The molecule has 0 saturated heterocycles. The number of thiophene rings is 1. The van der Waals surface area contributed by atoms with Gasteiger partial charge >= 0.3 is 18.2 Å². The molecule has 1 aromatic heterocycles. The SMILES string of the molecule is CCOC(=O)c1c(-c2ccc(N(C)C)cc2)csc1N(C(=O)OC(C)(C)C)C(=O)OC(C)(C)C. The molecule has 0 aliphatic heterocycles. The lowest BCUT2D eigenvalue weighted by atomic mass is 10.0. The minimum absolute atomic E-state index is 0.0774. The molecule has 0 N–H and O–H groups in total. The molecule has 0 radical (unpaired) electrons. The Hall–Kier alpha value is -3.07. The van der Waals surface area contributed by atoms with Crippen molar-refractivity contribution in [1.29, 1.82) is 0 Å². The Morgan fingerprint density at radius 2 is 1.38 bits per heavy atom. The topological polar surface area (TPSA) is 85.4 Å². The average Bonchev–Trinajstić information content (AvgIpc) is 3.10. The lowest BCUT2D eigenvalue weighted by Gasteiger charge is -2.28. The van der Waals surface area contributed by atoms with Crippen LogP contribution in [0.1, 0.15) is 58.8 Å². The number of hydrogen-bond donors (Lipinski definition) is 0. The van der Waals surface area contributed by atoms with Gasteiger partial charge in [-0.1, -0.05) is 12.1 Å². The highest BCUT2D eigenvalue weighted by Crippen LogP contribution is 2.40. The molecule has 0 saturated carbocycles. The Kier molecular flexibility index (Phi) is 8.36. The van der Waals surface area contributed by atoms with Gasteiger partial charge in [0, 0.05) is 30.7 Å². The average molecular weight is 491 g/mol. The summed E-state index contributed by atoms with van der Waals surface area (Å²) in [5.41, 5.74) is 0.625. The van der Waals surface area contributed by atoms with Gasteiger partial charge in [-0.2, -0.15) is 4.90 Å². The molecule has 0 spiro atoms. The second-order valence-electron chi connectivity index (χ2n) is 9.79. The van der Waals surface area contributed by atoms with Crippen molar-refractivity contribution in [2.45, 2.75) is 59.7 Å². The second-order valence-corrected chi connectivity index (χ2v) is 10.6. The Balaban J connectivity index is 2.68. The quantitative estimate of drug-likeness (QED) is 0.357. The van der Waals surface area contributed by atoms with E-state index in [-0.39, 0.29) is 17.2 Å². The van der Waals surface area contributed by atoms with E-state index in [0.717, 1.165) is 27.5 Å². The molecule has 2 aromatic rings. The number of carbonyl (C=O) groups is 3. The maximum Gasteiger partial charge on any atom is 0.425 e. The van der Waals surface area contributed by atoms with Crippen LogP contribution in [0.4, 0.5) is 20.3 Å². The van der Waals surface area contributed by atoms with E-state index in [4.69, 9.17) is 14.2 Å². The molecule has 0 aliphatic rings. The predicted octanol–water partition coefficient (Wildman–Crippen LogP) is 6.33. The molecule has 1 heterocycles. The summed E-state index contributed by atoms with van der Waals surface area (Å²) in [6, 6.07) is 7.58. The van der Waals surface area contributed by atoms with Gasteiger partial charge < -0.3 is 19.1 Å². The summed E-state index contributed by atoms with van der Waals surface area (Å²) in [4.78, 5) is 42.1. The summed E-state index contributed by atoms with van der Waals surface area (Å²) in [6.07, 6.45) is -1.88. The first-order valence-corrected chi connectivity index (χ1v) is 11.8. The monoisotopic (exact) mass is 490 g/mol. The van der Waals surface area contributed by atoms with E-state index in [0.29, 0.717) is 5.56 Å². The van der Waals surface area contributed by atoms with E-state index in [9.17, 15) is 14.4 Å². The largest absolute Gasteiger partial charge is 0.462 e. The number of imide groups is 1. The molecule has 0 atom stereocenters. The van der Waals surface area contributed by atoms with E-state index < -0.39 is 29.4 Å². The maximum absolute atomic E-state index is 13.1. The fourth-order valence-corrected chi connectivity index (χ4v) is 3.97. The fourth-order valence-electron chi connectivity index (χ4n) is 2.92. The minimum atomic E-state index is -0.941. The molecule has 2 amide bonds. The third-order valence-corrected chi connectivity index (χ3v) is 5.26. The van der Waals surface area contributed by atoms with Crippen molar-refractivity contribution in [3.8, 4) is 11.1 Å². The van der Waals surface area contributed by atoms with Crippen molar-refractivity contribution in [3.63, 3.8) is 0 Å². The van der Waals surface area contributed by atoms with Gasteiger partial charge in [-0.05, 0) is 66.2 Å². The third-order valence-electron chi connectivity index (χ3n) is 4.30. The number of hydrogen-bond acceptors (Lipinski definition) is 8. The van der Waals surface area contributed by atoms with Crippen molar-refractivity contribution >= 4 is 40.2 Å². The van der Waals surface area contributed by atoms with Crippen LogP contribution in [-0.4, -0.2) is 50.1 Å². The zero-order valence-corrected chi connectivity index (χ0v) is 22.2. The summed E-state index contributed by atoms with van der Waals surface area (Å²) in [7, 11) is 3.86. The van der Waals surface area contributed by atoms with E-state index >= 15 is 0 Å². The highest BCUT2D eigenvalue weighted by Gasteiger charge is 2.37. The number of carbonyl (C=O) groups excluding carboxylic acids is 3. The maximum atomic E-state index is 13.1. The van der Waals surface area contributed by atoms with Gasteiger partial charge in [-0.15, -0.1) is 11.3 Å². The van der Waals surface area contributed by atoms with Gasteiger partial charge in [0.1, 0.15) is 21.8 Å². The number of rotatable bonds is 5. The van der Waals surface area contributed by atoms with E-state index in [1.165, 1.54) is 0 Å². The van der Waals surface area contributed by atoms with Gasteiger partial charge in [0.05, 0.1) is 6.61 Å². The van der Waals surface area contributed by atoms with Crippen molar-refractivity contribution in [2.75, 3.05) is 30.5 Å². The van der Waals surface area contributed by atoms with Crippen LogP contribution in [0.15, 0.2) is 29.6 Å². The van der Waals surface area contributed by atoms with Crippen molar-refractivity contribution in [2.24, 2.45) is 0 Å². The molecule has 186 valence electrons. The van der Waals surface area contributed by atoms with Crippen LogP contribution in [-0.2, 0) is 14.2 Å². The van der Waals surface area contributed by atoms with E-state index in [2.05, 4.69) is 0 Å².